The van der Waals surface area contributed by atoms with Crippen molar-refractivity contribution in [2.24, 2.45) is 17.1 Å². The van der Waals surface area contributed by atoms with E-state index in [0.29, 0.717) is 11.3 Å². The molecule has 1 aliphatic heterocycles. The maximum atomic E-state index is 6.35. The minimum Gasteiger partial charge on any atom is -0.364 e. The van der Waals surface area contributed by atoms with E-state index >= 15 is 0 Å². The number of rotatable bonds is 2. The van der Waals surface area contributed by atoms with Crippen molar-refractivity contribution in [3.8, 4) is 0 Å². The predicted molar refractivity (Wildman–Crippen MR) is 90.7 cm³/mol. The average molecular weight is 286 g/mol. The highest BCUT2D eigenvalue weighted by Crippen LogP contribution is 2.47. The summed E-state index contributed by atoms with van der Waals surface area (Å²) in [7, 11) is 0. The van der Waals surface area contributed by atoms with E-state index in [1.54, 1.807) is 0 Å². The number of fused-ring (bicyclic) bond motifs is 1. The van der Waals surface area contributed by atoms with E-state index < -0.39 is 0 Å². The summed E-state index contributed by atoms with van der Waals surface area (Å²) in [5.74, 6) is 0.716. The van der Waals surface area contributed by atoms with Gasteiger partial charge in [0.15, 0.2) is 0 Å². The van der Waals surface area contributed by atoms with Crippen LogP contribution in [0.3, 0.4) is 0 Å². The Morgan fingerprint density at radius 2 is 2.00 bits per heavy atom. The van der Waals surface area contributed by atoms with Crippen LogP contribution < -0.4 is 10.6 Å². The molecule has 0 aromatic heterocycles. The van der Waals surface area contributed by atoms with E-state index in [2.05, 4.69) is 49.9 Å². The molecule has 1 fully saturated rings. The molecular weight excluding hydrogens is 256 g/mol. The van der Waals surface area contributed by atoms with Gasteiger partial charge in [-0.3, -0.25) is 0 Å². The zero-order valence-corrected chi connectivity index (χ0v) is 13.9. The molecule has 2 nitrogen and oxygen atoms in total. The van der Waals surface area contributed by atoms with Gasteiger partial charge >= 0.3 is 0 Å². The number of nitrogens with two attached hydrogens (primary N) is 1. The monoisotopic (exact) mass is 286 g/mol. The molecule has 1 aliphatic carbocycles. The molecule has 1 aromatic carbocycles. The molecule has 2 atom stereocenters. The zero-order chi connectivity index (χ0) is 15.1. The molecule has 116 valence electrons. The summed E-state index contributed by atoms with van der Waals surface area (Å²) in [4.78, 5) is 2.68. The summed E-state index contributed by atoms with van der Waals surface area (Å²) in [6, 6.07) is 8.96. The van der Waals surface area contributed by atoms with Gasteiger partial charge in [0.1, 0.15) is 0 Å². The van der Waals surface area contributed by atoms with Crippen LogP contribution in [0.25, 0.3) is 0 Å². The fourth-order valence-corrected chi connectivity index (χ4v) is 4.72. The van der Waals surface area contributed by atoms with E-state index in [1.165, 1.54) is 43.4 Å². The summed E-state index contributed by atoms with van der Waals surface area (Å²) in [5, 5.41) is 0. The van der Waals surface area contributed by atoms with Gasteiger partial charge in [0.05, 0.1) is 5.54 Å². The fourth-order valence-electron chi connectivity index (χ4n) is 4.72. The lowest BCUT2D eigenvalue weighted by atomic mass is 9.66. The van der Waals surface area contributed by atoms with Crippen molar-refractivity contribution in [3.05, 3.63) is 29.8 Å². The van der Waals surface area contributed by atoms with Crippen LogP contribution in [0.4, 0.5) is 5.69 Å². The van der Waals surface area contributed by atoms with Crippen LogP contribution in [0.5, 0.6) is 0 Å². The van der Waals surface area contributed by atoms with Crippen LogP contribution in [0.2, 0.25) is 0 Å². The van der Waals surface area contributed by atoms with Crippen LogP contribution in [-0.4, -0.2) is 18.6 Å². The standard InChI is InChI=1S/C19H30N2/c1-15-11-16-7-4-5-8-17(16)21(12-15)19(14-20)10-6-9-18(2,3)13-19/h4-5,7-8,15H,6,9-14,20H2,1-3H3. The first-order valence-electron chi connectivity index (χ1n) is 8.51. The van der Waals surface area contributed by atoms with Crippen molar-refractivity contribution in [2.75, 3.05) is 18.0 Å². The van der Waals surface area contributed by atoms with Crippen molar-refractivity contribution in [2.45, 2.75) is 58.4 Å². The smallest absolute Gasteiger partial charge is 0.0529 e. The van der Waals surface area contributed by atoms with Gasteiger partial charge in [0.2, 0.25) is 0 Å². The van der Waals surface area contributed by atoms with E-state index in [0.717, 1.165) is 13.1 Å². The Balaban J connectivity index is 2.01. The molecule has 2 heteroatoms. The first-order valence-corrected chi connectivity index (χ1v) is 8.51. The number of anilines is 1. The molecule has 21 heavy (non-hydrogen) atoms. The number of benzene rings is 1. The second-order valence-electron chi connectivity index (χ2n) is 8.17. The van der Waals surface area contributed by atoms with Gasteiger partial charge in [-0.25, -0.2) is 0 Å². The lowest BCUT2D eigenvalue weighted by molar-refractivity contribution is 0.143. The molecule has 1 heterocycles. The average Bonchev–Trinajstić information content (AvgIpc) is 2.45. The van der Waals surface area contributed by atoms with Crippen LogP contribution in [-0.2, 0) is 6.42 Å². The summed E-state index contributed by atoms with van der Waals surface area (Å²) in [6.45, 7) is 9.13. The topological polar surface area (TPSA) is 29.3 Å². The summed E-state index contributed by atoms with van der Waals surface area (Å²) >= 11 is 0. The Kier molecular flexibility index (Phi) is 3.77. The second kappa shape index (κ2) is 5.31. The van der Waals surface area contributed by atoms with Gasteiger partial charge in [-0.2, -0.15) is 0 Å². The number of nitrogens with zero attached hydrogens (tertiary/aromatic N) is 1. The lowest BCUT2D eigenvalue weighted by Crippen LogP contribution is -2.60. The maximum Gasteiger partial charge on any atom is 0.0529 e. The highest BCUT2D eigenvalue weighted by Gasteiger charge is 2.45. The quantitative estimate of drug-likeness (QED) is 0.891. The Morgan fingerprint density at radius 3 is 2.71 bits per heavy atom. The van der Waals surface area contributed by atoms with Crippen molar-refractivity contribution in [1.29, 1.82) is 0 Å². The predicted octanol–water partition coefficient (Wildman–Crippen LogP) is 3.98. The van der Waals surface area contributed by atoms with Crippen molar-refractivity contribution < 1.29 is 0 Å². The fraction of sp³-hybridized carbons (Fsp3) is 0.684. The molecule has 2 aliphatic rings. The molecule has 3 rings (SSSR count). The van der Waals surface area contributed by atoms with Crippen molar-refractivity contribution >= 4 is 5.69 Å². The zero-order valence-electron chi connectivity index (χ0n) is 13.9. The number of hydrogen-bond acceptors (Lipinski definition) is 2. The molecule has 2 unspecified atom stereocenters. The third-order valence-electron chi connectivity index (χ3n) is 5.60. The highest BCUT2D eigenvalue weighted by molar-refractivity contribution is 5.58. The molecule has 1 saturated carbocycles. The normalized spacial score (nSPS) is 31.8. The number of para-hydroxylation sites is 1. The van der Waals surface area contributed by atoms with Gasteiger partial charge in [0, 0.05) is 18.8 Å². The molecule has 0 saturated heterocycles. The van der Waals surface area contributed by atoms with Gasteiger partial charge in [-0.05, 0) is 48.6 Å². The second-order valence-corrected chi connectivity index (χ2v) is 8.17. The van der Waals surface area contributed by atoms with Crippen LogP contribution in [0.1, 0.15) is 52.0 Å². The van der Waals surface area contributed by atoms with Gasteiger partial charge in [-0.15, -0.1) is 0 Å². The Hall–Kier alpha value is -1.02. The SMILES string of the molecule is CC1Cc2ccccc2N(C2(CN)CCCC(C)(C)C2)C1. The van der Waals surface area contributed by atoms with Gasteiger partial charge in [-0.1, -0.05) is 45.4 Å². The maximum absolute atomic E-state index is 6.35. The first-order chi connectivity index (χ1) is 9.96. The van der Waals surface area contributed by atoms with Crippen LogP contribution in [0.15, 0.2) is 24.3 Å². The van der Waals surface area contributed by atoms with Crippen molar-refractivity contribution in [1.82, 2.24) is 0 Å². The molecule has 0 amide bonds. The minimum absolute atomic E-state index is 0.159. The van der Waals surface area contributed by atoms with Gasteiger partial charge in [0.25, 0.3) is 0 Å². The van der Waals surface area contributed by atoms with E-state index in [4.69, 9.17) is 5.73 Å². The highest BCUT2D eigenvalue weighted by atomic mass is 15.2. The molecule has 2 N–H and O–H groups in total. The van der Waals surface area contributed by atoms with Crippen LogP contribution in [0, 0.1) is 11.3 Å². The molecule has 0 radical (unpaired) electrons. The Bertz CT molecular complexity index is 508. The molecular formula is C19H30N2. The van der Waals surface area contributed by atoms with Crippen molar-refractivity contribution in [3.63, 3.8) is 0 Å². The third-order valence-corrected chi connectivity index (χ3v) is 5.60. The Labute approximate surface area is 129 Å². The Morgan fingerprint density at radius 1 is 1.24 bits per heavy atom. The van der Waals surface area contributed by atoms with Gasteiger partial charge < -0.3 is 10.6 Å². The first kappa shape index (κ1) is 14.9. The summed E-state index contributed by atoms with van der Waals surface area (Å²) < 4.78 is 0. The van der Waals surface area contributed by atoms with Crippen LogP contribution >= 0.6 is 0 Å². The molecule has 1 aromatic rings. The minimum atomic E-state index is 0.159. The number of hydrogen-bond donors (Lipinski definition) is 1. The van der Waals surface area contributed by atoms with E-state index in [1.807, 2.05) is 0 Å². The van der Waals surface area contributed by atoms with E-state index in [-0.39, 0.29) is 5.54 Å². The molecule has 0 bridgehead atoms. The molecule has 0 spiro atoms. The lowest BCUT2D eigenvalue weighted by Gasteiger charge is -2.54. The third kappa shape index (κ3) is 2.70. The summed E-state index contributed by atoms with van der Waals surface area (Å²) in [5.41, 5.74) is 9.87. The van der Waals surface area contributed by atoms with E-state index in [9.17, 15) is 0 Å². The largest absolute Gasteiger partial charge is 0.364 e. The summed E-state index contributed by atoms with van der Waals surface area (Å²) in [6.07, 6.45) is 6.30.